The molecule has 0 unspecified atom stereocenters. The van der Waals surface area contributed by atoms with Gasteiger partial charge in [0.25, 0.3) is 0 Å². The summed E-state index contributed by atoms with van der Waals surface area (Å²) < 4.78 is 4.79. The third-order valence-electron chi connectivity index (χ3n) is 1.14. The van der Waals surface area contributed by atoms with Crippen molar-refractivity contribution in [3.05, 3.63) is 11.2 Å². The molecular formula is C6H8ClN3O. The van der Waals surface area contributed by atoms with Crippen LogP contribution in [0.4, 0.5) is 5.82 Å². The highest BCUT2D eigenvalue weighted by Gasteiger charge is 2.01. The van der Waals surface area contributed by atoms with Crippen molar-refractivity contribution in [2.24, 2.45) is 0 Å². The summed E-state index contributed by atoms with van der Waals surface area (Å²) in [6.45, 7) is 0. The Morgan fingerprint density at radius 2 is 2.36 bits per heavy atom. The predicted octanol–water partition coefficient (Wildman–Crippen LogP) is 1.18. The summed E-state index contributed by atoms with van der Waals surface area (Å²) in [5.74, 6) is 0.568. The lowest BCUT2D eigenvalue weighted by atomic mass is 10.6. The number of hydrogen-bond donors (Lipinski definition) is 1. The Labute approximate surface area is 69.6 Å². The first-order valence-electron chi connectivity index (χ1n) is 3.02. The number of methoxy groups -OCH3 is 1. The molecule has 0 amide bonds. The van der Waals surface area contributed by atoms with Crippen LogP contribution in [-0.4, -0.2) is 24.1 Å². The quantitative estimate of drug-likeness (QED) is 0.730. The summed E-state index contributed by atoms with van der Waals surface area (Å²) in [6, 6.07) is 0.304. The summed E-state index contributed by atoms with van der Waals surface area (Å²) in [5, 5.41) is 3.29. The van der Waals surface area contributed by atoms with E-state index in [1.54, 1.807) is 7.05 Å². The van der Waals surface area contributed by atoms with Crippen LogP contribution < -0.4 is 10.1 Å². The Bertz CT molecular complexity index is 254. The fourth-order valence-electron chi connectivity index (χ4n) is 0.625. The standard InChI is InChI=1S/C6H8ClN3O/c1-8-5-4(7)3-9-6(10-5)11-2/h3H,1-2H3,(H,8,9,10). The van der Waals surface area contributed by atoms with E-state index in [0.717, 1.165) is 0 Å². The normalized spacial score (nSPS) is 9.36. The number of nitrogens with zero attached hydrogens (tertiary/aromatic N) is 2. The van der Waals surface area contributed by atoms with Gasteiger partial charge in [0, 0.05) is 7.05 Å². The molecule has 0 spiro atoms. The summed E-state index contributed by atoms with van der Waals surface area (Å²) in [7, 11) is 3.23. The lowest BCUT2D eigenvalue weighted by Crippen LogP contribution is -1.97. The average Bonchev–Trinajstić information content (AvgIpc) is 2.05. The minimum atomic E-state index is 0.304. The Hall–Kier alpha value is -1.03. The van der Waals surface area contributed by atoms with E-state index in [1.165, 1.54) is 13.3 Å². The van der Waals surface area contributed by atoms with Gasteiger partial charge in [-0.1, -0.05) is 11.6 Å². The predicted molar refractivity (Wildman–Crippen MR) is 43.1 cm³/mol. The van der Waals surface area contributed by atoms with Gasteiger partial charge in [0.05, 0.1) is 13.3 Å². The van der Waals surface area contributed by atoms with Gasteiger partial charge >= 0.3 is 6.01 Å². The van der Waals surface area contributed by atoms with Gasteiger partial charge in [0.1, 0.15) is 5.02 Å². The molecule has 0 fully saturated rings. The molecule has 0 aromatic carbocycles. The smallest absolute Gasteiger partial charge is 0.318 e. The maximum Gasteiger partial charge on any atom is 0.318 e. The van der Waals surface area contributed by atoms with Crippen molar-refractivity contribution in [2.45, 2.75) is 0 Å². The highest BCUT2D eigenvalue weighted by molar-refractivity contribution is 6.32. The van der Waals surface area contributed by atoms with Gasteiger partial charge in [0.2, 0.25) is 0 Å². The molecule has 0 bridgehead atoms. The fraction of sp³-hybridized carbons (Fsp3) is 0.333. The molecule has 1 rings (SSSR count). The van der Waals surface area contributed by atoms with Crippen molar-refractivity contribution in [3.63, 3.8) is 0 Å². The van der Waals surface area contributed by atoms with E-state index in [1.807, 2.05) is 0 Å². The number of aromatic nitrogens is 2. The van der Waals surface area contributed by atoms with Crippen LogP contribution in [0.3, 0.4) is 0 Å². The van der Waals surface area contributed by atoms with Crippen molar-refractivity contribution >= 4 is 17.4 Å². The van der Waals surface area contributed by atoms with Crippen molar-refractivity contribution in [1.29, 1.82) is 0 Å². The van der Waals surface area contributed by atoms with Gasteiger partial charge in [-0.2, -0.15) is 4.98 Å². The lowest BCUT2D eigenvalue weighted by molar-refractivity contribution is 0.380. The Balaban J connectivity index is 3.02. The first-order valence-corrected chi connectivity index (χ1v) is 3.40. The SMILES string of the molecule is CNc1nc(OC)ncc1Cl. The van der Waals surface area contributed by atoms with Crippen LogP contribution >= 0.6 is 11.6 Å². The topological polar surface area (TPSA) is 47.0 Å². The van der Waals surface area contributed by atoms with Crippen LogP contribution in [-0.2, 0) is 0 Å². The molecule has 60 valence electrons. The molecule has 11 heavy (non-hydrogen) atoms. The van der Waals surface area contributed by atoms with Gasteiger partial charge in [0.15, 0.2) is 5.82 Å². The van der Waals surface area contributed by atoms with E-state index in [2.05, 4.69) is 15.3 Å². The number of ether oxygens (including phenoxy) is 1. The van der Waals surface area contributed by atoms with E-state index >= 15 is 0 Å². The maximum atomic E-state index is 5.71. The highest BCUT2D eigenvalue weighted by atomic mass is 35.5. The zero-order chi connectivity index (χ0) is 8.27. The largest absolute Gasteiger partial charge is 0.467 e. The molecule has 0 aliphatic heterocycles. The summed E-state index contributed by atoms with van der Waals surface area (Å²) in [4.78, 5) is 7.73. The molecule has 1 N–H and O–H groups in total. The van der Waals surface area contributed by atoms with E-state index < -0.39 is 0 Å². The van der Waals surface area contributed by atoms with Gasteiger partial charge in [-0.25, -0.2) is 4.98 Å². The van der Waals surface area contributed by atoms with Crippen LogP contribution in [0.5, 0.6) is 6.01 Å². The second-order valence-electron chi connectivity index (χ2n) is 1.80. The molecule has 1 heterocycles. The minimum Gasteiger partial charge on any atom is -0.467 e. The zero-order valence-corrected chi connectivity index (χ0v) is 7.01. The Morgan fingerprint density at radius 3 is 2.91 bits per heavy atom. The summed E-state index contributed by atoms with van der Waals surface area (Å²) in [6.07, 6.45) is 1.49. The van der Waals surface area contributed by atoms with E-state index in [0.29, 0.717) is 16.9 Å². The molecule has 0 aliphatic rings. The third kappa shape index (κ3) is 1.71. The van der Waals surface area contributed by atoms with E-state index in [4.69, 9.17) is 16.3 Å². The highest BCUT2D eigenvalue weighted by Crippen LogP contribution is 2.18. The molecule has 0 radical (unpaired) electrons. The van der Waals surface area contributed by atoms with Crippen molar-refractivity contribution in [2.75, 3.05) is 19.5 Å². The van der Waals surface area contributed by atoms with Crippen LogP contribution in [0.15, 0.2) is 6.20 Å². The van der Waals surface area contributed by atoms with Crippen LogP contribution in [0.1, 0.15) is 0 Å². The number of rotatable bonds is 2. The van der Waals surface area contributed by atoms with Gasteiger partial charge in [-0.05, 0) is 0 Å². The van der Waals surface area contributed by atoms with Crippen LogP contribution in [0.25, 0.3) is 0 Å². The van der Waals surface area contributed by atoms with Gasteiger partial charge in [-0.3, -0.25) is 0 Å². The second-order valence-corrected chi connectivity index (χ2v) is 2.21. The molecule has 4 nitrogen and oxygen atoms in total. The molecule has 0 atom stereocenters. The minimum absolute atomic E-state index is 0.304. The second kappa shape index (κ2) is 3.39. The van der Waals surface area contributed by atoms with Crippen molar-refractivity contribution in [3.8, 4) is 6.01 Å². The first kappa shape index (κ1) is 8.07. The van der Waals surface area contributed by atoms with Crippen molar-refractivity contribution in [1.82, 2.24) is 9.97 Å². The molecule has 0 saturated carbocycles. The molecular weight excluding hydrogens is 166 g/mol. The monoisotopic (exact) mass is 173 g/mol. The van der Waals surface area contributed by atoms with Crippen LogP contribution in [0, 0.1) is 0 Å². The molecule has 1 aromatic rings. The Kier molecular flexibility index (Phi) is 2.48. The number of nitrogens with one attached hydrogen (secondary N) is 1. The molecule has 0 aliphatic carbocycles. The summed E-state index contributed by atoms with van der Waals surface area (Å²) >= 11 is 5.71. The number of anilines is 1. The molecule has 0 saturated heterocycles. The number of hydrogen-bond acceptors (Lipinski definition) is 4. The first-order chi connectivity index (χ1) is 5.27. The molecule has 5 heteroatoms. The zero-order valence-electron chi connectivity index (χ0n) is 6.26. The lowest BCUT2D eigenvalue weighted by Gasteiger charge is -2.02. The van der Waals surface area contributed by atoms with Crippen molar-refractivity contribution < 1.29 is 4.74 Å². The van der Waals surface area contributed by atoms with E-state index in [9.17, 15) is 0 Å². The van der Waals surface area contributed by atoms with Gasteiger partial charge in [-0.15, -0.1) is 0 Å². The van der Waals surface area contributed by atoms with Crippen LogP contribution in [0.2, 0.25) is 5.02 Å². The Morgan fingerprint density at radius 1 is 1.64 bits per heavy atom. The average molecular weight is 174 g/mol. The number of halogens is 1. The molecule has 1 aromatic heterocycles. The maximum absolute atomic E-state index is 5.71. The van der Waals surface area contributed by atoms with E-state index in [-0.39, 0.29) is 0 Å². The van der Waals surface area contributed by atoms with Gasteiger partial charge < -0.3 is 10.1 Å². The fourth-order valence-corrected chi connectivity index (χ4v) is 0.810. The third-order valence-corrected chi connectivity index (χ3v) is 1.42. The summed E-state index contributed by atoms with van der Waals surface area (Å²) in [5.41, 5.74) is 0.